The second-order valence-corrected chi connectivity index (χ2v) is 7.80. The lowest BCUT2D eigenvalue weighted by molar-refractivity contribution is -0.907. The molecule has 0 aliphatic carbocycles. The van der Waals surface area contributed by atoms with Crippen molar-refractivity contribution >= 4 is 17.5 Å². The van der Waals surface area contributed by atoms with Crippen LogP contribution in [-0.4, -0.2) is 60.0 Å². The summed E-state index contributed by atoms with van der Waals surface area (Å²) in [6.45, 7) is 5.45. The Hall–Kier alpha value is -2.67. The second-order valence-electron chi connectivity index (χ2n) is 7.39. The van der Waals surface area contributed by atoms with E-state index in [-0.39, 0.29) is 5.91 Å². The van der Waals surface area contributed by atoms with Crippen LogP contribution in [0.15, 0.2) is 66.9 Å². The van der Waals surface area contributed by atoms with Crippen molar-refractivity contribution in [1.82, 2.24) is 14.7 Å². The Balaban J connectivity index is 1.57. The molecule has 1 fully saturated rings. The van der Waals surface area contributed by atoms with E-state index in [1.807, 2.05) is 58.1 Å². The first-order chi connectivity index (χ1) is 14.7. The minimum absolute atomic E-state index is 0.0610. The Morgan fingerprint density at radius 1 is 1.07 bits per heavy atom. The number of nitrogens with zero attached hydrogens (tertiary/aromatic N) is 3. The highest BCUT2D eigenvalue weighted by Gasteiger charge is 2.23. The fourth-order valence-electron chi connectivity index (χ4n) is 3.71. The van der Waals surface area contributed by atoms with Crippen LogP contribution >= 0.6 is 11.6 Å². The number of nitrogens with one attached hydrogen (secondary N) is 1. The molecule has 1 saturated heterocycles. The minimum Gasteiger partial charge on any atom is -0.370 e. The van der Waals surface area contributed by atoms with E-state index < -0.39 is 0 Å². The van der Waals surface area contributed by atoms with Gasteiger partial charge in [0, 0.05) is 6.20 Å². The molecule has 1 amide bonds. The summed E-state index contributed by atoms with van der Waals surface area (Å²) in [5, 5.41) is 4.94. The topological polar surface area (TPSA) is 51.8 Å². The second kappa shape index (κ2) is 9.89. The number of aromatic nitrogens is 2. The first kappa shape index (κ1) is 20.6. The predicted molar refractivity (Wildman–Crippen MR) is 116 cm³/mol. The molecule has 0 spiro atoms. The van der Waals surface area contributed by atoms with Gasteiger partial charge in [-0.1, -0.05) is 41.9 Å². The van der Waals surface area contributed by atoms with Crippen molar-refractivity contribution in [3.8, 4) is 5.69 Å². The number of ether oxygens (including phenoxy) is 1. The Bertz CT molecular complexity index is 970. The lowest BCUT2D eigenvalue weighted by Crippen LogP contribution is -3.14. The summed E-state index contributed by atoms with van der Waals surface area (Å²) in [5.41, 5.74) is 2.46. The average molecular weight is 426 g/mol. The fraction of sp³-hybridized carbons (Fsp3) is 0.304. The number of carbonyl (C=O) groups is 1. The zero-order chi connectivity index (χ0) is 20.8. The lowest BCUT2D eigenvalue weighted by Gasteiger charge is -2.28. The third kappa shape index (κ3) is 4.90. The Morgan fingerprint density at radius 2 is 1.80 bits per heavy atom. The van der Waals surface area contributed by atoms with Crippen LogP contribution in [0, 0.1) is 0 Å². The van der Waals surface area contributed by atoms with E-state index in [1.54, 1.807) is 18.3 Å². The van der Waals surface area contributed by atoms with Gasteiger partial charge in [-0.05, 0) is 30.3 Å². The van der Waals surface area contributed by atoms with Gasteiger partial charge in [0.25, 0.3) is 5.91 Å². The number of hydrogen-bond acceptors (Lipinski definition) is 3. The molecular formula is C23H26ClN4O2+. The molecule has 0 bridgehead atoms. The maximum absolute atomic E-state index is 13.4. The largest absolute Gasteiger partial charge is 0.370 e. The van der Waals surface area contributed by atoms with E-state index in [0.29, 0.717) is 23.7 Å². The summed E-state index contributed by atoms with van der Waals surface area (Å²) in [7, 11) is 0. The molecule has 6 nitrogen and oxygen atoms in total. The number of para-hydroxylation sites is 1. The van der Waals surface area contributed by atoms with E-state index in [0.717, 1.165) is 44.2 Å². The fourth-order valence-corrected chi connectivity index (χ4v) is 3.92. The van der Waals surface area contributed by atoms with E-state index in [4.69, 9.17) is 16.3 Å². The summed E-state index contributed by atoms with van der Waals surface area (Å²) >= 11 is 6.33. The van der Waals surface area contributed by atoms with Crippen LogP contribution in [0.1, 0.15) is 16.1 Å². The van der Waals surface area contributed by atoms with Gasteiger partial charge in [0.2, 0.25) is 0 Å². The van der Waals surface area contributed by atoms with Crippen LogP contribution in [0.5, 0.6) is 0 Å². The van der Waals surface area contributed by atoms with Crippen LogP contribution in [0.2, 0.25) is 5.02 Å². The van der Waals surface area contributed by atoms with Crippen LogP contribution in [-0.2, 0) is 11.3 Å². The number of benzene rings is 2. The van der Waals surface area contributed by atoms with Crippen molar-refractivity contribution in [2.45, 2.75) is 6.54 Å². The van der Waals surface area contributed by atoms with Gasteiger partial charge in [0.15, 0.2) is 0 Å². The molecule has 2 aromatic carbocycles. The van der Waals surface area contributed by atoms with E-state index in [2.05, 4.69) is 5.10 Å². The highest BCUT2D eigenvalue weighted by Crippen LogP contribution is 2.19. The van der Waals surface area contributed by atoms with Crippen LogP contribution in [0.3, 0.4) is 0 Å². The first-order valence-electron chi connectivity index (χ1n) is 10.3. The SMILES string of the molecule is O=C(c1ccccc1Cl)N(CC[NH+]1CCOCC1)Cc1ccnn1-c1ccccc1. The van der Waals surface area contributed by atoms with Gasteiger partial charge in [-0.3, -0.25) is 4.79 Å². The highest BCUT2D eigenvalue weighted by molar-refractivity contribution is 6.33. The maximum atomic E-state index is 13.4. The average Bonchev–Trinajstić information content (AvgIpc) is 3.26. The smallest absolute Gasteiger partial charge is 0.255 e. The molecule has 2 heterocycles. The van der Waals surface area contributed by atoms with Gasteiger partial charge in [-0.25, -0.2) is 4.68 Å². The van der Waals surface area contributed by atoms with Crippen LogP contribution in [0.4, 0.5) is 0 Å². The molecule has 7 heteroatoms. The highest BCUT2D eigenvalue weighted by atomic mass is 35.5. The molecule has 0 saturated carbocycles. The third-order valence-corrected chi connectivity index (χ3v) is 5.73. The van der Waals surface area contributed by atoms with Gasteiger partial charge in [0.1, 0.15) is 13.1 Å². The van der Waals surface area contributed by atoms with Gasteiger partial charge < -0.3 is 14.5 Å². The zero-order valence-electron chi connectivity index (χ0n) is 16.8. The number of carbonyl (C=O) groups excluding carboxylic acids is 1. The third-order valence-electron chi connectivity index (χ3n) is 5.40. The van der Waals surface area contributed by atoms with Crippen molar-refractivity contribution in [1.29, 1.82) is 0 Å². The maximum Gasteiger partial charge on any atom is 0.255 e. The Morgan fingerprint density at radius 3 is 2.57 bits per heavy atom. The molecule has 3 aromatic rings. The Kier molecular flexibility index (Phi) is 6.79. The van der Waals surface area contributed by atoms with Crippen molar-refractivity contribution in [3.63, 3.8) is 0 Å². The molecule has 1 aliphatic heterocycles. The molecule has 156 valence electrons. The van der Waals surface area contributed by atoms with Crippen molar-refractivity contribution in [2.75, 3.05) is 39.4 Å². The monoisotopic (exact) mass is 425 g/mol. The molecule has 1 aliphatic rings. The number of morpholine rings is 1. The molecule has 1 N–H and O–H groups in total. The number of quaternary nitrogens is 1. The van der Waals surface area contributed by atoms with E-state index in [9.17, 15) is 4.79 Å². The summed E-state index contributed by atoms with van der Waals surface area (Å²) < 4.78 is 7.34. The Labute approximate surface area is 181 Å². The summed E-state index contributed by atoms with van der Waals surface area (Å²) in [6, 6.07) is 19.1. The molecular weight excluding hydrogens is 400 g/mol. The molecule has 0 atom stereocenters. The van der Waals surface area contributed by atoms with Crippen molar-refractivity contribution in [2.24, 2.45) is 0 Å². The number of rotatable bonds is 7. The molecule has 0 radical (unpaired) electrons. The lowest BCUT2D eigenvalue weighted by atomic mass is 10.2. The van der Waals surface area contributed by atoms with Gasteiger partial charge in [0.05, 0.1) is 54.8 Å². The quantitative estimate of drug-likeness (QED) is 0.630. The molecule has 0 unspecified atom stereocenters. The number of halogens is 1. The molecule has 4 rings (SSSR count). The summed E-state index contributed by atoms with van der Waals surface area (Å²) in [4.78, 5) is 16.7. The molecule has 1 aromatic heterocycles. The number of hydrogen-bond donors (Lipinski definition) is 1. The predicted octanol–water partition coefficient (Wildman–Crippen LogP) is 2.08. The number of amides is 1. The normalized spacial score (nSPS) is 14.6. The van der Waals surface area contributed by atoms with Gasteiger partial charge in [-0.15, -0.1) is 0 Å². The summed E-state index contributed by atoms with van der Waals surface area (Å²) in [5.74, 6) is -0.0610. The van der Waals surface area contributed by atoms with Gasteiger partial charge >= 0.3 is 0 Å². The molecule has 30 heavy (non-hydrogen) atoms. The van der Waals surface area contributed by atoms with Gasteiger partial charge in [-0.2, -0.15) is 5.10 Å². The van der Waals surface area contributed by atoms with Crippen LogP contribution in [0.25, 0.3) is 5.69 Å². The van der Waals surface area contributed by atoms with E-state index in [1.165, 1.54) is 4.90 Å². The standard InChI is InChI=1S/C23H25ClN4O2/c24-22-9-5-4-8-21(22)23(29)27(13-12-26-14-16-30-17-15-26)18-20-10-11-25-28(20)19-6-2-1-3-7-19/h1-11H,12-18H2/p+1. The minimum atomic E-state index is -0.0610. The van der Waals surface area contributed by atoms with E-state index >= 15 is 0 Å². The summed E-state index contributed by atoms with van der Waals surface area (Å²) in [6.07, 6.45) is 1.77. The van der Waals surface area contributed by atoms with Crippen molar-refractivity contribution in [3.05, 3.63) is 83.1 Å². The first-order valence-corrected chi connectivity index (χ1v) is 10.6. The van der Waals surface area contributed by atoms with Crippen LogP contribution < -0.4 is 4.90 Å². The zero-order valence-corrected chi connectivity index (χ0v) is 17.6. The van der Waals surface area contributed by atoms with Crippen molar-refractivity contribution < 1.29 is 14.4 Å².